The molecule has 0 atom stereocenters. The van der Waals surface area contributed by atoms with Crippen LogP contribution in [0.15, 0.2) is 42.6 Å². The third-order valence-electron chi connectivity index (χ3n) is 6.22. The van der Waals surface area contributed by atoms with Crippen molar-refractivity contribution in [2.24, 2.45) is 5.73 Å². The van der Waals surface area contributed by atoms with Gasteiger partial charge in [-0.15, -0.1) is 10.2 Å². The lowest BCUT2D eigenvalue weighted by atomic mass is 10.0. The maximum atomic E-state index is 13.7. The molecule has 3 aromatic heterocycles. The average Bonchev–Trinajstić information content (AvgIpc) is 3.22. The minimum absolute atomic E-state index is 0.0832. The van der Waals surface area contributed by atoms with Crippen molar-refractivity contribution in [3.05, 3.63) is 65.0 Å². The molecule has 0 fully saturated rings. The molecule has 4 aromatic rings. The number of nitrogens with zero attached hydrogens (tertiary/aromatic N) is 7. The van der Waals surface area contributed by atoms with Gasteiger partial charge in [0.1, 0.15) is 5.69 Å². The van der Waals surface area contributed by atoms with Crippen molar-refractivity contribution in [3.63, 3.8) is 0 Å². The van der Waals surface area contributed by atoms with E-state index in [1.54, 1.807) is 4.90 Å². The largest absolute Gasteiger partial charge is 0.357 e. The van der Waals surface area contributed by atoms with Crippen LogP contribution in [0.2, 0.25) is 0 Å². The van der Waals surface area contributed by atoms with Crippen molar-refractivity contribution in [1.82, 2.24) is 29.9 Å². The number of aromatic nitrogens is 5. The second-order valence-electron chi connectivity index (χ2n) is 8.79. The molecule has 2 N–H and O–H groups in total. The smallest absolute Gasteiger partial charge is 0.254 e. The van der Waals surface area contributed by atoms with Crippen molar-refractivity contribution in [1.29, 1.82) is 0 Å². The molecule has 35 heavy (non-hydrogen) atoms. The molecule has 0 aliphatic rings. The molecule has 1 amide bonds. The number of benzene rings is 1. The van der Waals surface area contributed by atoms with E-state index in [9.17, 15) is 4.79 Å². The minimum Gasteiger partial charge on any atom is -0.357 e. The fourth-order valence-electron chi connectivity index (χ4n) is 4.11. The van der Waals surface area contributed by atoms with E-state index < -0.39 is 0 Å². The van der Waals surface area contributed by atoms with Gasteiger partial charge in [-0.1, -0.05) is 11.6 Å². The van der Waals surface area contributed by atoms with Gasteiger partial charge in [-0.25, -0.2) is 4.98 Å². The van der Waals surface area contributed by atoms with Crippen LogP contribution >= 0.6 is 0 Å². The van der Waals surface area contributed by atoms with E-state index in [2.05, 4.69) is 22.2 Å². The Hall–Kier alpha value is -3.85. The van der Waals surface area contributed by atoms with Crippen LogP contribution in [0, 0.1) is 13.8 Å². The Morgan fingerprint density at radius 1 is 1.06 bits per heavy atom. The van der Waals surface area contributed by atoms with E-state index in [-0.39, 0.29) is 5.91 Å². The predicted octanol–water partition coefficient (Wildman–Crippen LogP) is 3.19. The lowest BCUT2D eigenvalue weighted by molar-refractivity contribution is 0.0787. The summed E-state index contributed by atoms with van der Waals surface area (Å²) in [5.41, 5.74) is 11.3. The monoisotopic (exact) mass is 472 g/mol. The molecule has 182 valence electrons. The molecule has 9 heteroatoms. The highest BCUT2D eigenvalue weighted by Gasteiger charge is 2.20. The van der Waals surface area contributed by atoms with Crippen LogP contribution in [0.3, 0.4) is 0 Å². The molecule has 9 nitrogen and oxygen atoms in total. The number of rotatable bonds is 8. The van der Waals surface area contributed by atoms with Crippen LogP contribution in [0.5, 0.6) is 0 Å². The molecule has 0 aliphatic carbocycles. The molecule has 0 aliphatic heterocycles. The lowest BCUT2D eigenvalue weighted by Gasteiger charge is -2.19. The number of hydrogen-bond donors (Lipinski definition) is 1. The Morgan fingerprint density at radius 2 is 1.86 bits per heavy atom. The van der Waals surface area contributed by atoms with Gasteiger partial charge in [-0.05, 0) is 51.1 Å². The van der Waals surface area contributed by atoms with Crippen LogP contribution in [-0.4, -0.2) is 63.0 Å². The van der Waals surface area contributed by atoms with Crippen molar-refractivity contribution < 1.29 is 4.79 Å². The summed E-state index contributed by atoms with van der Waals surface area (Å²) in [5.74, 6) is 0.648. The third-order valence-corrected chi connectivity index (χ3v) is 6.22. The first-order valence-corrected chi connectivity index (χ1v) is 11.8. The zero-order chi connectivity index (χ0) is 25.1. The fourth-order valence-corrected chi connectivity index (χ4v) is 4.11. The Bertz CT molecular complexity index is 1350. The van der Waals surface area contributed by atoms with Gasteiger partial charge < -0.3 is 15.5 Å². The van der Waals surface area contributed by atoms with Gasteiger partial charge in [0.2, 0.25) is 0 Å². The normalized spacial score (nSPS) is 11.1. The molecule has 0 unspecified atom stereocenters. The van der Waals surface area contributed by atoms with Crippen LogP contribution in [-0.2, 0) is 13.1 Å². The van der Waals surface area contributed by atoms with Crippen molar-refractivity contribution in [2.45, 2.75) is 33.9 Å². The van der Waals surface area contributed by atoms with Gasteiger partial charge in [-0.2, -0.15) is 5.10 Å². The summed E-state index contributed by atoms with van der Waals surface area (Å²) in [7, 11) is 3.74. The summed E-state index contributed by atoms with van der Waals surface area (Å²) < 4.78 is 1.93. The van der Waals surface area contributed by atoms with E-state index in [1.165, 1.54) is 0 Å². The van der Waals surface area contributed by atoms with Crippen molar-refractivity contribution in [2.75, 3.05) is 32.1 Å². The first-order valence-electron chi connectivity index (χ1n) is 11.8. The summed E-state index contributed by atoms with van der Waals surface area (Å²) in [6, 6.07) is 11.5. The highest BCUT2D eigenvalue weighted by molar-refractivity contribution is 6.07. The quantitative estimate of drug-likeness (QED) is 0.420. The maximum absolute atomic E-state index is 13.7. The molecule has 0 spiro atoms. The van der Waals surface area contributed by atoms with Crippen LogP contribution in [0.25, 0.3) is 22.3 Å². The lowest BCUT2D eigenvalue weighted by Crippen LogP contribution is -2.27. The van der Waals surface area contributed by atoms with Gasteiger partial charge in [0, 0.05) is 56.9 Å². The van der Waals surface area contributed by atoms with Crippen LogP contribution in [0.4, 0.5) is 5.82 Å². The minimum atomic E-state index is -0.0832. The Labute approximate surface area is 205 Å². The number of aryl methyl sites for hydroxylation is 2. The first kappa shape index (κ1) is 24.3. The number of carbonyl (C=O) groups excluding carboxylic acids is 1. The topological polar surface area (TPSA) is 106 Å². The van der Waals surface area contributed by atoms with Gasteiger partial charge in [0.25, 0.3) is 5.91 Å². The highest BCUT2D eigenvalue weighted by atomic mass is 16.2. The van der Waals surface area contributed by atoms with Gasteiger partial charge in [0.15, 0.2) is 5.82 Å². The summed E-state index contributed by atoms with van der Waals surface area (Å²) in [6.07, 6.45) is 1.83. The number of hydrogen-bond acceptors (Lipinski definition) is 7. The molecule has 0 bridgehead atoms. The van der Waals surface area contributed by atoms with E-state index in [4.69, 9.17) is 10.7 Å². The zero-order valence-corrected chi connectivity index (χ0v) is 21.0. The van der Waals surface area contributed by atoms with Crippen molar-refractivity contribution in [3.8, 4) is 11.4 Å². The maximum Gasteiger partial charge on any atom is 0.254 e. The van der Waals surface area contributed by atoms with Crippen molar-refractivity contribution >= 4 is 22.6 Å². The number of anilines is 1. The molecule has 1 aromatic carbocycles. The molecule has 3 heterocycles. The van der Waals surface area contributed by atoms with Gasteiger partial charge in [0.05, 0.1) is 23.0 Å². The predicted molar refractivity (Wildman–Crippen MR) is 138 cm³/mol. The molecular weight excluding hydrogens is 440 g/mol. The van der Waals surface area contributed by atoms with Gasteiger partial charge >= 0.3 is 0 Å². The van der Waals surface area contributed by atoms with E-state index in [1.807, 2.05) is 80.1 Å². The SMILES string of the molecule is CCn1ncc(CN(C)C(=O)c2cc(-c3ccc(N(C)CCN)nn3)nc3ccc(C)cc23)c1C. The molecular formula is C26H32N8O. The summed E-state index contributed by atoms with van der Waals surface area (Å²) in [5, 5.41) is 13.9. The van der Waals surface area contributed by atoms with Crippen LogP contribution < -0.4 is 10.6 Å². The van der Waals surface area contributed by atoms with Gasteiger partial charge in [-0.3, -0.25) is 9.48 Å². The number of nitrogens with two attached hydrogens (primary N) is 1. The number of likely N-dealkylation sites (N-methyl/N-ethyl adjacent to an activating group) is 1. The molecule has 0 radical (unpaired) electrons. The summed E-state index contributed by atoms with van der Waals surface area (Å²) in [4.78, 5) is 22.1. The third kappa shape index (κ3) is 5.00. The standard InChI is InChI=1S/C26H32N8O/c1-6-34-18(3)19(15-28-34)16-33(5)26(35)21-14-24(29-22-8-7-17(2)13-20(21)22)23-9-10-25(31-30-23)32(4)12-11-27/h7-10,13-15H,6,11-12,16,27H2,1-5H3. The Kier molecular flexibility index (Phi) is 7.07. The molecule has 0 saturated carbocycles. The summed E-state index contributed by atoms with van der Waals surface area (Å²) >= 11 is 0. The number of amides is 1. The highest BCUT2D eigenvalue weighted by Crippen LogP contribution is 2.26. The Balaban J connectivity index is 1.71. The number of fused-ring (bicyclic) bond motifs is 1. The second-order valence-corrected chi connectivity index (χ2v) is 8.79. The van der Waals surface area contributed by atoms with Crippen LogP contribution in [0.1, 0.15) is 34.1 Å². The fraction of sp³-hybridized carbons (Fsp3) is 0.346. The van der Waals surface area contributed by atoms with E-state index in [0.29, 0.717) is 36.6 Å². The Morgan fingerprint density at radius 3 is 2.51 bits per heavy atom. The zero-order valence-electron chi connectivity index (χ0n) is 21.0. The number of pyridine rings is 1. The van der Waals surface area contributed by atoms with E-state index >= 15 is 0 Å². The molecule has 0 saturated heterocycles. The second kappa shape index (κ2) is 10.2. The van der Waals surface area contributed by atoms with E-state index in [0.717, 1.165) is 40.1 Å². The first-order chi connectivity index (χ1) is 16.8. The number of carbonyl (C=O) groups is 1. The summed E-state index contributed by atoms with van der Waals surface area (Å²) in [6.45, 7) is 8.57. The molecule has 4 rings (SSSR count). The average molecular weight is 473 g/mol.